The van der Waals surface area contributed by atoms with E-state index in [2.05, 4.69) is 5.32 Å². The van der Waals surface area contributed by atoms with Crippen molar-refractivity contribution in [3.63, 3.8) is 0 Å². The summed E-state index contributed by atoms with van der Waals surface area (Å²) in [6.45, 7) is 4.01. The topological polar surface area (TPSA) is 49.3 Å². The molecule has 2 N–H and O–H groups in total. The molecule has 0 fully saturated rings. The van der Waals surface area contributed by atoms with Crippen LogP contribution >= 0.6 is 11.8 Å². The predicted molar refractivity (Wildman–Crippen MR) is 71.4 cm³/mol. The van der Waals surface area contributed by atoms with E-state index in [1.807, 2.05) is 6.92 Å². The molecule has 0 aliphatic heterocycles. The maximum absolute atomic E-state index is 13.0. The van der Waals surface area contributed by atoms with Crippen LogP contribution in [0.15, 0.2) is 23.1 Å². The van der Waals surface area contributed by atoms with E-state index in [1.165, 1.54) is 17.8 Å². The van der Waals surface area contributed by atoms with Crippen LogP contribution in [0.3, 0.4) is 0 Å². The molecule has 0 bridgehead atoms. The predicted octanol–water partition coefficient (Wildman–Crippen LogP) is 2.90. The van der Waals surface area contributed by atoms with Gasteiger partial charge in [-0.15, -0.1) is 11.8 Å². The van der Waals surface area contributed by atoms with E-state index >= 15 is 0 Å². The van der Waals surface area contributed by atoms with Gasteiger partial charge in [0.1, 0.15) is 5.54 Å². The highest BCUT2D eigenvalue weighted by molar-refractivity contribution is 7.99. The number of halogens is 2. The molecular weight excluding hydrogens is 272 g/mol. The van der Waals surface area contributed by atoms with Gasteiger partial charge in [0.05, 0.1) is 0 Å². The zero-order valence-corrected chi connectivity index (χ0v) is 11.7. The molecule has 0 heterocycles. The summed E-state index contributed by atoms with van der Waals surface area (Å²) in [4.78, 5) is 11.8. The fourth-order valence-electron chi connectivity index (χ4n) is 1.60. The van der Waals surface area contributed by atoms with Gasteiger partial charge in [-0.2, -0.15) is 0 Å². The summed E-state index contributed by atoms with van der Waals surface area (Å²) in [5, 5.41) is 12.1. The molecule has 0 radical (unpaired) electrons. The third-order valence-electron chi connectivity index (χ3n) is 2.80. The quantitative estimate of drug-likeness (QED) is 0.758. The molecule has 0 saturated heterocycles. The van der Waals surface area contributed by atoms with Gasteiger partial charge in [0, 0.05) is 10.6 Å². The fourth-order valence-corrected chi connectivity index (χ4v) is 2.70. The van der Waals surface area contributed by atoms with Crippen LogP contribution in [-0.2, 0) is 4.79 Å². The van der Waals surface area contributed by atoms with Crippen LogP contribution in [0.2, 0.25) is 0 Å². The summed E-state index contributed by atoms with van der Waals surface area (Å²) in [6, 6.07) is 3.66. The van der Waals surface area contributed by atoms with E-state index in [-0.39, 0.29) is 0 Å². The van der Waals surface area contributed by atoms with E-state index in [0.29, 0.717) is 23.6 Å². The van der Waals surface area contributed by atoms with E-state index in [9.17, 15) is 13.6 Å². The van der Waals surface area contributed by atoms with Crippen molar-refractivity contribution in [2.75, 3.05) is 12.3 Å². The third-order valence-corrected chi connectivity index (χ3v) is 3.80. The Morgan fingerprint density at radius 3 is 2.63 bits per heavy atom. The van der Waals surface area contributed by atoms with E-state index in [4.69, 9.17) is 5.11 Å². The summed E-state index contributed by atoms with van der Waals surface area (Å²) < 4.78 is 25.7. The molecule has 1 rings (SSSR count). The molecule has 1 atom stereocenters. The molecule has 106 valence electrons. The second-order valence-electron chi connectivity index (χ2n) is 4.34. The van der Waals surface area contributed by atoms with Crippen molar-refractivity contribution in [2.24, 2.45) is 0 Å². The van der Waals surface area contributed by atoms with Crippen molar-refractivity contribution >= 4 is 17.7 Å². The van der Waals surface area contributed by atoms with Gasteiger partial charge in [-0.05, 0) is 38.1 Å². The van der Waals surface area contributed by atoms with Crippen LogP contribution in [0, 0.1) is 11.6 Å². The molecule has 0 spiro atoms. The Labute approximate surface area is 115 Å². The summed E-state index contributed by atoms with van der Waals surface area (Å²) in [7, 11) is 0. The lowest BCUT2D eigenvalue weighted by Gasteiger charge is -2.25. The number of nitrogens with one attached hydrogen (secondary N) is 1. The maximum Gasteiger partial charge on any atom is 0.323 e. The van der Waals surface area contributed by atoms with Gasteiger partial charge in [-0.25, -0.2) is 8.78 Å². The largest absolute Gasteiger partial charge is 0.480 e. The normalized spacial score (nSPS) is 14.1. The number of carboxylic acid groups (broad SMARTS) is 1. The van der Waals surface area contributed by atoms with Gasteiger partial charge < -0.3 is 10.4 Å². The monoisotopic (exact) mass is 289 g/mol. The second kappa shape index (κ2) is 6.86. The Morgan fingerprint density at radius 1 is 1.42 bits per heavy atom. The van der Waals surface area contributed by atoms with Crippen LogP contribution in [0.4, 0.5) is 8.78 Å². The van der Waals surface area contributed by atoms with Gasteiger partial charge >= 0.3 is 5.97 Å². The summed E-state index contributed by atoms with van der Waals surface area (Å²) in [5.74, 6) is -2.19. The van der Waals surface area contributed by atoms with Crippen LogP contribution in [0.5, 0.6) is 0 Å². The van der Waals surface area contributed by atoms with E-state index in [0.717, 1.165) is 12.1 Å². The molecule has 0 amide bonds. The number of carbonyl (C=O) groups is 1. The zero-order valence-electron chi connectivity index (χ0n) is 10.9. The molecule has 0 saturated carbocycles. The molecule has 3 nitrogen and oxygen atoms in total. The summed E-state index contributed by atoms with van der Waals surface area (Å²) in [6.07, 6.45) is 0.389. The molecular formula is C13H17F2NO2S. The van der Waals surface area contributed by atoms with Gasteiger partial charge in [0.15, 0.2) is 11.6 Å². The number of aliphatic carboxylic acids is 1. The standard InChI is InChI=1S/C13H17F2NO2S/c1-3-16-13(2,12(17)18)6-7-19-9-4-5-10(14)11(15)8-9/h4-5,8,16H,3,6-7H2,1-2H3,(H,17,18). The highest BCUT2D eigenvalue weighted by atomic mass is 32.2. The number of rotatable bonds is 7. The van der Waals surface area contributed by atoms with Crippen LogP contribution in [0.1, 0.15) is 20.3 Å². The highest BCUT2D eigenvalue weighted by Crippen LogP contribution is 2.23. The average Bonchev–Trinajstić information content (AvgIpc) is 2.34. The second-order valence-corrected chi connectivity index (χ2v) is 5.51. The van der Waals surface area contributed by atoms with Crippen LogP contribution in [-0.4, -0.2) is 28.9 Å². The molecule has 0 aromatic heterocycles. The van der Waals surface area contributed by atoms with E-state index in [1.54, 1.807) is 6.92 Å². The first-order valence-electron chi connectivity index (χ1n) is 5.95. The summed E-state index contributed by atoms with van der Waals surface area (Å²) >= 11 is 1.30. The van der Waals surface area contributed by atoms with Gasteiger partial charge in [0.2, 0.25) is 0 Å². The minimum Gasteiger partial charge on any atom is -0.480 e. The smallest absolute Gasteiger partial charge is 0.323 e. The molecule has 0 aliphatic rings. The number of thioether (sulfide) groups is 1. The molecule has 6 heteroatoms. The van der Waals surface area contributed by atoms with Crippen LogP contribution in [0.25, 0.3) is 0 Å². The van der Waals surface area contributed by atoms with Crippen molar-refractivity contribution in [1.82, 2.24) is 5.32 Å². The first-order valence-corrected chi connectivity index (χ1v) is 6.94. The highest BCUT2D eigenvalue weighted by Gasteiger charge is 2.31. The van der Waals surface area contributed by atoms with Gasteiger partial charge in [-0.3, -0.25) is 4.79 Å². The zero-order chi connectivity index (χ0) is 14.5. The average molecular weight is 289 g/mol. The molecule has 1 unspecified atom stereocenters. The Kier molecular flexibility index (Phi) is 5.75. The molecule has 1 aromatic carbocycles. The van der Waals surface area contributed by atoms with Crippen molar-refractivity contribution in [1.29, 1.82) is 0 Å². The Hall–Kier alpha value is -1.14. The van der Waals surface area contributed by atoms with Gasteiger partial charge in [-0.1, -0.05) is 6.92 Å². The first-order chi connectivity index (χ1) is 8.89. The first kappa shape index (κ1) is 15.9. The Bertz CT molecular complexity index is 456. The lowest BCUT2D eigenvalue weighted by atomic mass is 9.99. The minimum atomic E-state index is -1.000. The maximum atomic E-state index is 13.0. The number of benzene rings is 1. The van der Waals surface area contributed by atoms with Crippen molar-refractivity contribution in [3.8, 4) is 0 Å². The van der Waals surface area contributed by atoms with Crippen molar-refractivity contribution in [2.45, 2.75) is 30.7 Å². The number of carboxylic acids is 1. The minimum absolute atomic E-state index is 0.389. The van der Waals surface area contributed by atoms with Gasteiger partial charge in [0.25, 0.3) is 0 Å². The lowest BCUT2D eigenvalue weighted by Crippen LogP contribution is -2.49. The molecule has 0 aliphatic carbocycles. The van der Waals surface area contributed by atoms with Crippen molar-refractivity contribution in [3.05, 3.63) is 29.8 Å². The van der Waals surface area contributed by atoms with E-state index < -0.39 is 23.1 Å². The fraction of sp³-hybridized carbons (Fsp3) is 0.462. The number of hydrogen-bond acceptors (Lipinski definition) is 3. The summed E-state index contributed by atoms with van der Waals surface area (Å²) in [5.41, 5.74) is -1.000. The lowest BCUT2D eigenvalue weighted by molar-refractivity contribution is -0.144. The molecule has 19 heavy (non-hydrogen) atoms. The molecule has 1 aromatic rings. The van der Waals surface area contributed by atoms with Crippen molar-refractivity contribution < 1.29 is 18.7 Å². The number of likely N-dealkylation sites (N-methyl/N-ethyl adjacent to an activating group) is 1. The third kappa shape index (κ3) is 4.47. The van der Waals surface area contributed by atoms with Crippen LogP contribution < -0.4 is 5.32 Å². The number of hydrogen-bond donors (Lipinski definition) is 2. The Balaban J connectivity index is 2.57. The Morgan fingerprint density at radius 2 is 2.11 bits per heavy atom. The SMILES string of the molecule is CCNC(C)(CCSc1ccc(F)c(F)c1)C(=O)O.